The third kappa shape index (κ3) is 5.29. The minimum atomic E-state index is -0.175. The van der Waals surface area contributed by atoms with Gasteiger partial charge in [0.15, 0.2) is 0 Å². The van der Waals surface area contributed by atoms with E-state index in [-0.39, 0.29) is 13.3 Å². The fourth-order valence-corrected chi connectivity index (χ4v) is 3.06. The predicted octanol–water partition coefficient (Wildman–Crippen LogP) is 2.64. The molecule has 1 fully saturated rings. The molecule has 1 aliphatic rings. The lowest BCUT2D eigenvalue weighted by molar-refractivity contribution is -0.120. The maximum absolute atomic E-state index is 11.3. The lowest BCUT2D eigenvalue weighted by Gasteiger charge is -2.16. The van der Waals surface area contributed by atoms with Crippen molar-refractivity contribution in [3.8, 4) is 0 Å². The number of aromatic nitrogens is 1. The number of aryl methyl sites for hydroxylation is 2. The lowest BCUT2D eigenvalue weighted by atomic mass is 10.0. The van der Waals surface area contributed by atoms with E-state index in [2.05, 4.69) is 40.7 Å². The summed E-state index contributed by atoms with van der Waals surface area (Å²) in [5, 5.41) is 0. The van der Waals surface area contributed by atoms with Gasteiger partial charge in [-0.05, 0) is 48.9 Å². The first-order valence-electron chi connectivity index (χ1n) is 8.53. The highest BCUT2D eigenvalue weighted by Gasteiger charge is 2.13. The molecule has 0 unspecified atom stereocenters. The van der Waals surface area contributed by atoms with Crippen molar-refractivity contribution in [3.05, 3.63) is 59.3 Å². The van der Waals surface area contributed by atoms with E-state index in [0.29, 0.717) is 6.42 Å². The molecule has 1 amide bonds. The molecule has 2 heterocycles. The Balaban J connectivity index is 0.00000225. The summed E-state index contributed by atoms with van der Waals surface area (Å²) in [5.41, 5.74) is 5.50. The van der Waals surface area contributed by atoms with Gasteiger partial charge in [0.05, 0.1) is 6.42 Å². The van der Waals surface area contributed by atoms with Gasteiger partial charge in [0, 0.05) is 18.8 Å². The Kier molecular flexibility index (Phi) is 6.95. The molecule has 5 heteroatoms. The molecular weight excluding hydrogens is 312 g/mol. The van der Waals surface area contributed by atoms with E-state index in [1.165, 1.54) is 18.4 Å². The Morgan fingerprint density at radius 2 is 1.72 bits per heavy atom. The summed E-state index contributed by atoms with van der Waals surface area (Å²) in [6, 6.07) is 14.4. The van der Waals surface area contributed by atoms with E-state index in [0.717, 1.165) is 43.0 Å². The number of nitrogens with zero attached hydrogens (tertiary/aromatic N) is 2. The average Bonchev–Trinajstić information content (AvgIpc) is 3.16. The van der Waals surface area contributed by atoms with Gasteiger partial charge in [-0.3, -0.25) is 10.2 Å². The van der Waals surface area contributed by atoms with E-state index < -0.39 is 0 Å². The quantitative estimate of drug-likeness (QED) is 0.482. The predicted molar refractivity (Wildman–Crippen MR) is 102 cm³/mol. The molecule has 5 nitrogen and oxygen atoms in total. The molecule has 3 N–H and O–H groups in total. The molecule has 134 valence electrons. The molecule has 1 aromatic carbocycles. The SMILES string of the molecule is C.NNC(=O)Cc1ccc(CCc2cccc(N3CCCC3)n2)cc1. The Labute approximate surface area is 150 Å². The van der Waals surface area contributed by atoms with Gasteiger partial charge in [-0.15, -0.1) is 0 Å². The fraction of sp³-hybridized carbons (Fsp3) is 0.400. The molecule has 0 radical (unpaired) electrons. The van der Waals surface area contributed by atoms with Crippen LogP contribution < -0.4 is 16.2 Å². The van der Waals surface area contributed by atoms with Gasteiger partial charge in [-0.25, -0.2) is 10.8 Å². The van der Waals surface area contributed by atoms with Crippen LogP contribution in [0, 0.1) is 0 Å². The summed E-state index contributed by atoms with van der Waals surface area (Å²) in [4.78, 5) is 18.4. The van der Waals surface area contributed by atoms with Crippen LogP contribution in [0.5, 0.6) is 0 Å². The first kappa shape index (κ1) is 18.9. The molecule has 0 aliphatic carbocycles. The third-order valence-electron chi connectivity index (χ3n) is 4.44. The maximum Gasteiger partial charge on any atom is 0.238 e. The fourth-order valence-electron chi connectivity index (χ4n) is 3.06. The molecule has 1 aromatic heterocycles. The van der Waals surface area contributed by atoms with Crippen molar-refractivity contribution >= 4 is 11.7 Å². The summed E-state index contributed by atoms with van der Waals surface area (Å²) < 4.78 is 0. The van der Waals surface area contributed by atoms with Gasteiger partial charge in [0.1, 0.15) is 5.82 Å². The van der Waals surface area contributed by atoms with E-state index in [9.17, 15) is 4.79 Å². The summed E-state index contributed by atoms with van der Waals surface area (Å²) in [6.45, 7) is 2.24. The number of hydrogen-bond acceptors (Lipinski definition) is 4. The van der Waals surface area contributed by atoms with Crippen molar-refractivity contribution in [1.29, 1.82) is 0 Å². The minimum absolute atomic E-state index is 0. The minimum Gasteiger partial charge on any atom is -0.357 e. The number of hydrogen-bond donors (Lipinski definition) is 2. The zero-order valence-electron chi connectivity index (χ0n) is 13.9. The van der Waals surface area contributed by atoms with Crippen LogP contribution in [0.3, 0.4) is 0 Å². The monoisotopic (exact) mass is 340 g/mol. The standard InChI is InChI=1S/C19H24N4O.CH4/c20-22-19(24)14-16-8-6-15(7-9-16)10-11-17-4-3-5-18(21-17)23-12-1-2-13-23;/h3-9H,1-2,10-14,20H2,(H,22,24);1H4. The average molecular weight is 340 g/mol. The molecule has 1 saturated heterocycles. The third-order valence-corrected chi connectivity index (χ3v) is 4.44. The molecule has 1 aliphatic heterocycles. The van der Waals surface area contributed by atoms with Gasteiger partial charge in [0.2, 0.25) is 5.91 Å². The number of nitrogens with one attached hydrogen (secondary N) is 1. The molecule has 0 spiro atoms. The van der Waals surface area contributed by atoms with Gasteiger partial charge in [-0.2, -0.15) is 0 Å². The highest BCUT2D eigenvalue weighted by Crippen LogP contribution is 2.18. The Morgan fingerprint density at radius 1 is 1.04 bits per heavy atom. The number of anilines is 1. The van der Waals surface area contributed by atoms with Crippen LogP contribution >= 0.6 is 0 Å². The second-order valence-electron chi connectivity index (χ2n) is 6.24. The van der Waals surface area contributed by atoms with Crippen LogP contribution in [0.2, 0.25) is 0 Å². The number of carbonyl (C=O) groups is 1. The van der Waals surface area contributed by atoms with Crippen LogP contribution in [0.25, 0.3) is 0 Å². The van der Waals surface area contributed by atoms with Crippen molar-refractivity contribution in [1.82, 2.24) is 10.4 Å². The van der Waals surface area contributed by atoms with Gasteiger partial charge >= 0.3 is 0 Å². The van der Waals surface area contributed by atoms with Gasteiger partial charge < -0.3 is 4.90 Å². The summed E-state index contributed by atoms with van der Waals surface area (Å²) >= 11 is 0. The molecule has 0 saturated carbocycles. The molecular formula is C20H28N4O. The van der Waals surface area contributed by atoms with Crippen molar-refractivity contribution < 1.29 is 4.79 Å². The van der Waals surface area contributed by atoms with Crippen molar-refractivity contribution in [2.24, 2.45) is 5.84 Å². The van der Waals surface area contributed by atoms with Crippen LogP contribution in [0.1, 0.15) is 37.1 Å². The summed E-state index contributed by atoms with van der Waals surface area (Å²) in [7, 11) is 0. The highest BCUT2D eigenvalue weighted by atomic mass is 16.2. The second kappa shape index (κ2) is 9.18. The van der Waals surface area contributed by atoms with E-state index in [1.54, 1.807) is 0 Å². The lowest BCUT2D eigenvalue weighted by Crippen LogP contribution is -2.31. The number of carbonyl (C=O) groups excluding carboxylic acids is 1. The topological polar surface area (TPSA) is 71.2 Å². The largest absolute Gasteiger partial charge is 0.357 e. The van der Waals surface area contributed by atoms with Crippen LogP contribution in [-0.2, 0) is 24.1 Å². The first-order valence-corrected chi connectivity index (χ1v) is 8.53. The zero-order valence-corrected chi connectivity index (χ0v) is 13.9. The normalized spacial score (nSPS) is 13.4. The molecule has 25 heavy (non-hydrogen) atoms. The van der Waals surface area contributed by atoms with Gasteiger partial charge in [0.25, 0.3) is 0 Å². The summed E-state index contributed by atoms with van der Waals surface area (Å²) in [6.07, 6.45) is 4.71. The van der Waals surface area contributed by atoms with Crippen molar-refractivity contribution in [2.75, 3.05) is 18.0 Å². The zero-order chi connectivity index (χ0) is 16.8. The Morgan fingerprint density at radius 3 is 2.40 bits per heavy atom. The molecule has 2 aromatic rings. The van der Waals surface area contributed by atoms with Crippen molar-refractivity contribution in [3.63, 3.8) is 0 Å². The van der Waals surface area contributed by atoms with Gasteiger partial charge in [-0.1, -0.05) is 37.8 Å². The number of pyridine rings is 1. The number of rotatable bonds is 6. The highest BCUT2D eigenvalue weighted by molar-refractivity contribution is 5.77. The van der Waals surface area contributed by atoms with Crippen LogP contribution in [0.15, 0.2) is 42.5 Å². The Bertz CT molecular complexity index is 678. The van der Waals surface area contributed by atoms with E-state index in [1.807, 2.05) is 12.1 Å². The smallest absolute Gasteiger partial charge is 0.238 e. The Hall–Kier alpha value is -2.40. The number of hydrazine groups is 1. The maximum atomic E-state index is 11.3. The summed E-state index contributed by atoms with van der Waals surface area (Å²) in [5.74, 6) is 6.04. The van der Waals surface area contributed by atoms with Crippen LogP contribution in [-0.4, -0.2) is 24.0 Å². The number of benzene rings is 1. The molecule has 0 bridgehead atoms. The number of amides is 1. The first-order chi connectivity index (χ1) is 11.7. The van der Waals surface area contributed by atoms with Crippen molar-refractivity contribution in [2.45, 2.75) is 39.5 Å². The van der Waals surface area contributed by atoms with Crippen LogP contribution in [0.4, 0.5) is 5.82 Å². The molecule has 3 rings (SSSR count). The molecule has 0 atom stereocenters. The second-order valence-corrected chi connectivity index (χ2v) is 6.24. The van der Waals surface area contributed by atoms with E-state index >= 15 is 0 Å². The van der Waals surface area contributed by atoms with E-state index in [4.69, 9.17) is 10.8 Å². The number of nitrogens with two attached hydrogens (primary N) is 1.